The van der Waals surface area contributed by atoms with Crippen LogP contribution in [0.15, 0.2) is 63.1 Å². The van der Waals surface area contributed by atoms with Crippen LogP contribution < -0.4 is 10.5 Å². The molecular formula is C25H26N4O3S2. The van der Waals surface area contributed by atoms with Crippen LogP contribution in [-0.4, -0.2) is 52.3 Å². The smallest absolute Gasteiger partial charge is 0.263 e. The number of thioether (sulfide) groups is 1. The highest BCUT2D eigenvalue weighted by Crippen LogP contribution is 2.29. The largest absolute Gasteiger partial charge is 0.467 e. The number of aryl methyl sites for hydroxylation is 2. The second kappa shape index (κ2) is 9.68. The van der Waals surface area contributed by atoms with Crippen molar-refractivity contribution in [3.63, 3.8) is 0 Å². The predicted molar refractivity (Wildman–Crippen MR) is 137 cm³/mol. The van der Waals surface area contributed by atoms with Crippen LogP contribution in [0.3, 0.4) is 0 Å². The van der Waals surface area contributed by atoms with Gasteiger partial charge in [-0.1, -0.05) is 30.0 Å². The van der Waals surface area contributed by atoms with E-state index in [4.69, 9.17) is 9.40 Å². The number of fused-ring (bicyclic) bond motifs is 1. The number of rotatable bonds is 6. The number of hydrogen-bond donors (Lipinski definition) is 0. The van der Waals surface area contributed by atoms with Gasteiger partial charge in [0.1, 0.15) is 10.6 Å². The second-order valence-corrected chi connectivity index (χ2v) is 10.5. The zero-order valence-electron chi connectivity index (χ0n) is 19.2. The summed E-state index contributed by atoms with van der Waals surface area (Å²) in [7, 11) is 0. The van der Waals surface area contributed by atoms with Crippen LogP contribution in [0.4, 0.5) is 5.69 Å². The van der Waals surface area contributed by atoms with Gasteiger partial charge in [0, 0.05) is 36.7 Å². The molecule has 0 spiro atoms. The summed E-state index contributed by atoms with van der Waals surface area (Å²) < 4.78 is 7.12. The Bertz CT molecular complexity index is 1350. The summed E-state index contributed by atoms with van der Waals surface area (Å²) in [6.07, 6.45) is 1.59. The lowest BCUT2D eigenvalue weighted by Gasteiger charge is -2.36. The molecule has 5 rings (SSSR count). The lowest BCUT2D eigenvalue weighted by atomic mass is 10.2. The van der Waals surface area contributed by atoms with Crippen LogP contribution in [0.2, 0.25) is 0 Å². The molecule has 0 aliphatic carbocycles. The first-order chi connectivity index (χ1) is 16.5. The fourth-order valence-corrected chi connectivity index (χ4v) is 6.16. The van der Waals surface area contributed by atoms with E-state index in [-0.39, 0.29) is 23.8 Å². The first kappa shape index (κ1) is 22.7. The van der Waals surface area contributed by atoms with Crippen LogP contribution in [0.1, 0.15) is 16.2 Å². The quantitative estimate of drug-likeness (QED) is 0.296. The molecule has 176 valence electrons. The van der Waals surface area contributed by atoms with Gasteiger partial charge >= 0.3 is 0 Å². The fourth-order valence-electron chi connectivity index (χ4n) is 4.19. The number of anilines is 1. The molecular weight excluding hydrogens is 468 g/mol. The van der Waals surface area contributed by atoms with Crippen molar-refractivity contribution in [3.05, 3.63) is 75.3 Å². The van der Waals surface area contributed by atoms with Crippen molar-refractivity contribution in [1.29, 1.82) is 0 Å². The number of nitrogens with zero attached hydrogens (tertiary/aromatic N) is 4. The molecule has 0 atom stereocenters. The summed E-state index contributed by atoms with van der Waals surface area (Å²) in [6, 6.07) is 13.9. The average Bonchev–Trinajstić information content (AvgIpc) is 3.48. The van der Waals surface area contributed by atoms with E-state index in [1.54, 1.807) is 16.9 Å². The van der Waals surface area contributed by atoms with Gasteiger partial charge in [0.05, 0.1) is 23.9 Å². The van der Waals surface area contributed by atoms with E-state index in [9.17, 15) is 9.59 Å². The highest BCUT2D eigenvalue weighted by atomic mass is 32.2. The lowest BCUT2D eigenvalue weighted by Crippen LogP contribution is -2.49. The normalized spacial score (nSPS) is 14.2. The molecule has 1 aliphatic heterocycles. The fraction of sp³-hybridized carbons (Fsp3) is 0.320. The Balaban J connectivity index is 1.32. The molecule has 1 aromatic carbocycles. The number of amides is 1. The van der Waals surface area contributed by atoms with E-state index in [1.165, 1.54) is 28.8 Å². The standard InChI is InChI=1S/C25H26N4O3S2/c1-17-18(2)34-23-22(17)24(31)29(15-20-9-6-14-32-20)25(26-23)33-16-21(30)28-12-10-27(11-13-28)19-7-4-3-5-8-19/h3-9,14H,10-13,15-16H2,1-2H3. The molecule has 0 N–H and O–H groups in total. The van der Waals surface area contributed by atoms with Crippen molar-refractivity contribution in [1.82, 2.24) is 14.5 Å². The summed E-state index contributed by atoms with van der Waals surface area (Å²) in [6.45, 7) is 7.23. The summed E-state index contributed by atoms with van der Waals surface area (Å²) in [4.78, 5) is 37.2. The van der Waals surface area contributed by atoms with Gasteiger partial charge in [-0.05, 0) is 43.7 Å². The third-order valence-corrected chi connectivity index (χ3v) is 8.29. The molecule has 0 radical (unpaired) electrons. The minimum atomic E-state index is -0.0883. The zero-order valence-corrected chi connectivity index (χ0v) is 20.8. The molecule has 9 heteroatoms. The van der Waals surface area contributed by atoms with Crippen molar-refractivity contribution < 1.29 is 9.21 Å². The Morgan fingerprint density at radius 3 is 2.56 bits per heavy atom. The summed E-state index contributed by atoms with van der Waals surface area (Å²) >= 11 is 2.85. The van der Waals surface area contributed by atoms with Gasteiger partial charge in [0.25, 0.3) is 5.56 Å². The first-order valence-electron chi connectivity index (χ1n) is 11.2. The molecule has 0 bridgehead atoms. The molecule has 34 heavy (non-hydrogen) atoms. The number of piperazine rings is 1. The van der Waals surface area contributed by atoms with Crippen LogP contribution in [0.5, 0.6) is 0 Å². The molecule has 1 amide bonds. The molecule has 1 aliphatic rings. The molecule has 4 heterocycles. The Hall–Kier alpha value is -3.04. The summed E-state index contributed by atoms with van der Waals surface area (Å²) in [5.41, 5.74) is 2.06. The second-order valence-electron chi connectivity index (χ2n) is 8.32. The van der Waals surface area contributed by atoms with Crippen molar-refractivity contribution in [3.8, 4) is 0 Å². The molecule has 0 unspecified atom stereocenters. The van der Waals surface area contributed by atoms with Crippen molar-refractivity contribution in [2.24, 2.45) is 0 Å². The molecule has 1 fully saturated rings. The van der Waals surface area contributed by atoms with E-state index in [2.05, 4.69) is 17.0 Å². The Morgan fingerprint density at radius 2 is 1.85 bits per heavy atom. The van der Waals surface area contributed by atoms with Crippen LogP contribution in [0.25, 0.3) is 10.2 Å². The first-order valence-corrected chi connectivity index (χ1v) is 13.0. The molecule has 3 aromatic heterocycles. The van der Waals surface area contributed by atoms with Gasteiger partial charge in [-0.25, -0.2) is 4.98 Å². The molecule has 0 saturated carbocycles. The van der Waals surface area contributed by atoms with E-state index in [0.717, 1.165) is 28.4 Å². The van der Waals surface area contributed by atoms with Gasteiger partial charge < -0.3 is 14.2 Å². The van der Waals surface area contributed by atoms with E-state index in [0.29, 0.717) is 29.4 Å². The van der Waals surface area contributed by atoms with Crippen molar-refractivity contribution >= 4 is 44.9 Å². The highest BCUT2D eigenvalue weighted by Gasteiger charge is 2.23. The predicted octanol–water partition coefficient (Wildman–Crippen LogP) is 4.16. The third kappa shape index (κ3) is 4.50. The number of carbonyl (C=O) groups excluding carboxylic acids is 1. The van der Waals surface area contributed by atoms with Gasteiger partial charge in [-0.2, -0.15) is 0 Å². The molecule has 1 saturated heterocycles. The van der Waals surface area contributed by atoms with Crippen molar-refractivity contribution in [2.45, 2.75) is 25.5 Å². The van der Waals surface area contributed by atoms with Crippen LogP contribution in [0, 0.1) is 13.8 Å². The number of thiophene rings is 1. The SMILES string of the molecule is Cc1sc2nc(SCC(=O)N3CCN(c4ccccc4)CC3)n(Cc3ccco3)c(=O)c2c1C. The number of hydrogen-bond acceptors (Lipinski definition) is 7. The minimum Gasteiger partial charge on any atom is -0.467 e. The van der Waals surface area contributed by atoms with E-state index < -0.39 is 0 Å². The Labute approximate surface area is 206 Å². The third-order valence-electron chi connectivity index (χ3n) is 6.23. The number of carbonyl (C=O) groups is 1. The van der Waals surface area contributed by atoms with Gasteiger partial charge in [-0.3, -0.25) is 14.2 Å². The molecule has 7 nitrogen and oxygen atoms in total. The molecule has 4 aromatic rings. The maximum absolute atomic E-state index is 13.4. The number of benzene rings is 1. The average molecular weight is 495 g/mol. The topological polar surface area (TPSA) is 71.6 Å². The summed E-state index contributed by atoms with van der Waals surface area (Å²) in [5, 5.41) is 1.20. The van der Waals surface area contributed by atoms with Gasteiger partial charge in [0.2, 0.25) is 5.91 Å². The minimum absolute atomic E-state index is 0.0650. The van der Waals surface area contributed by atoms with Gasteiger partial charge in [-0.15, -0.1) is 11.3 Å². The van der Waals surface area contributed by atoms with Crippen molar-refractivity contribution in [2.75, 3.05) is 36.8 Å². The highest BCUT2D eigenvalue weighted by molar-refractivity contribution is 7.99. The van der Waals surface area contributed by atoms with E-state index >= 15 is 0 Å². The number of para-hydroxylation sites is 1. The maximum atomic E-state index is 13.4. The van der Waals surface area contributed by atoms with Gasteiger partial charge in [0.15, 0.2) is 5.16 Å². The van der Waals surface area contributed by atoms with E-state index in [1.807, 2.05) is 43.0 Å². The number of furan rings is 1. The van der Waals surface area contributed by atoms with Crippen LogP contribution >= 0.6 is 23.1 Å². The lowest BCUT2D eigenvalue weighted by molar-refractivity contribution is -0.128. The zero-order chi connectivity index (χ0) is 23.7. The summed E-state index contributed by atoms with van der Waals surface area (Å²) in [5.74, 6) is 0.985. The van der Waals surface area contributed by atoms with Crippen LogP contribution in [-0.2, 0) is 11.3 Å². The Morgan fingerprint density at radius 1 is 1.09 bits per heavy atom. The monoisotopic (exact) mass is 494 g/mol. The number of aromatic nitrogens is 2. The Kier molecular flexibility index (Phi) is 6.47. The maximum Gasteiger partial charge on any atom is 0.263 e.